The summed E-state index contributed by atoms with van der Waals surface area (Å²) >= 11 is 0. The Bertz CT molecular complexity index is 1270. The Balaban J connectivity index is 0.00000289. The third-order valence-electron chi connectivity index (χ3n) is 6.29. The van der Waals surface area contributed by atoms with Gasteiger partial charge in [-0.15, -0.1) is 12.4 Å². The van der Waals surface area contributed by atoms with Crippen LogP contribution in [0.2, 0.25) is 0 Å². The van der Waals surface area contributed by atoms with Gasteiger partial charge in [0.25, 0.3) is 0 Å². The van der Waals surface area contributed by atoms with Gasteiger partial charge in [-0.05, 0) is 85.9 Å². The smallest absolute Gasteiger partial charge is 0.143 e. The molecule has 6 heteroatoms. The first-order valence-electron chi connectivity index (χ1n) is 11.8. The Morgan fingerprint density at radius 1 is 0.800 bits per heavy atom. The molecule has 0 spiro atoms. The zero-order valence-electron chi connectivity index (χ0n) is 19.5. The van der Waals surface area contributed by atoms with Crippen molar-refractivity contribution in [3.63, 3.8) is 0 Å². The number of ether oxygens (including phenoxy) is 2. The number of likely N-dealkylation sites (tertiary alicyclic amines) is 1. The van der Waals surface area contributed by atoms with Crippen molar-refractivity contribution >= 4 is 23.2 Å². The van der Waals surface area contributed by atoms with Crippen LogP contribution in [0, 0.1) is 5.82 Å². The van der Waals surface area contributed by atoms with E-state index in [-0.39, 0.29) is 24.0 Å². The summed E-state index contributed by atoms with van der Waals surface area (Å²) in [6.07, 6.45) is 3.87. The topological polar surface area (TPSA) is 41.9 Å². The zero-order chi connectivity index (χ0) is 23.3. The Hall–Kier alpha value is -3.28. The van der Waals surface area contributed by atoms with E-state index in [1.165, 1.54) is 25.3 Å². The van der Waals surface area contributed by atoms with Crippen molar-refractivity contribution < 1.29 is 19.0 Å². The normalized spacial score (nSPS) is 13.9. The van der Waals surface area contributed by atoms with Crippen molar-refractivity contribution in [3.8, 4) is 34.1 Å². The number of piperidine rings is 1. The minimum atomic E-state index is -0.317. The predicted octanol–water partition coefficient (Wildman–Crippen LogP) is 7.43. The first-order chi connectivity index (χ1) is 16.7. The summed E-state index contributed by atoms with van der Waals surface area (Å²) in [7, 11) is 0. The fraction of sp³-hybridized carbons (Fsp3) is 0.241. The highest BCUT2D eigenvalue weighted by molar-refractivity contribution is 5.96. The van der Waals surface area contributed by atoms with E-state index in [9.17, 15) is 9.50 Å². The van der Waals surface area contributed by atoms with Gasteiger partial charge in [-0.3, -0.25) is 4.90 Å². The lowest BCUT2D eigenvalue weighted by Crippen LogP contribution is -2.33. The van der Waals surface area contributed by atoms with E-state index >= 15 is 0 Å². The van der Waals surface area contributed by atoms with Gasteiger partial charge in [-0.1, -0.05) is 30.7 Å². The van der Waals surface area contributed by atoms with Crippen LogP contribution >= 0.6 is 12.4 Å². The molecule has 0 radical (unpaired) electrons. The molecule has 1 saturated heterocycles. The molecule has 182 valence electrons. The standard InChI is InChI=1S/C29H28FNO3.ClH/c30-28-7-3-2-6-26(28)27-14-8-21-20-22(32)9-15-25(21)29(27)34-24-12-10-23(11-13-24)33-19-18-31-16-4-1-5-17-31;/h2-3,6-15,20,32H,1,4-5,16-19H2;1H. The number of benzene rings is 4. The van der Waals surface area contributed by atoms with Crippen molar-refractivity contribution in [1.29, 1.82) is 0 Å². The van der Waals surface area contributed by atoms with Crippen molar-refractivity contribution in [1.82, 2.24) is 4.90 Å². The Morgan fingerprint density at radius 2 is 1.54 bits per heavy atom. The van der Waals surface area contributed by atoms with Crippen LogP contribution in [0.15, 0.2) is 78.9 Å². The maximum atomic E-state index is 14.6. The molecule has 1 aliphatic rings. The minimum absolute atomic E-state index is 0. The number of aromatic hydroxyl groups is 1. The molecule has 35 heavy (non-hydrogen) atoms. The quantitative estimate of drug-likeness (QED) is 0.290. The Morgan fingerprint density at radius 3 is 2.31 bits per heavy atom. The third kappa shape index (κ3) is 5.87. The van der Waals surface area contributed by atoms with Crippen molar-refractivity contribution in [2.75, 3.05) is 26.2 Å². The zero-order valence-corrected chi connectivity index (χ0v) is 20.3. The van der Waals surface area contributed by atoms with Gasteiger partial charge in [0.15, 0.2) is 0 Å². The second kappa shape index (κ2) is 11.4. The van der Waals surface area contributed by atoms with E-state index < -0.39 is 0 Å². The molecule has 0 atom stereocenters. The lowest BCUT2D eigenvalue weighted by molar-refractivity contribution is 0.183. The van der Waals surface area contributed by atoms with Gasteiger partial charge >= 0.3 is 0 Å². The SMILES string of the molecule is Cl.Oc1ccc2c(Oc3ccc(OCCN4CCCCC4)cc3)c(-c3ccccc3F)ccc2c1. The highest BCUT2D eigenvalue weighted by Crippen LogP contribution is 2.41. The van der Waals surface area contributed by atoms with Crippen molar-refractivity contribution in [2.24, 2.45) is 0 Å². The molecular formula is C29H29ClFNO3. The minimum Gasteiger partial charge on any atom is -0.508 e. The highest BCUT2D eigenvalue weighted by atomic mass is 35.5. The van der Waals surface area contributed by atoms with Crippen LogP contribution in [0.1, 0.15) is 19.3 Å². The molecule has 0 amide bonds. The van der Waals surface area contributed by atoms with E-state index in [0.717, 1.165) is 36.2 Å². The van der Waals surface area contributed by atoms with Crippen LogP contribution in [-0.2, 0) is 0 Å². The molecule has 1 fully saturated rings. The molecule has 0 bridgehead atoms. The number of rotatable bonds is 7. The molecule has 1 N–H and O–H groups in total. The fourth-order valence-electron chi connectivity index (χ4n) is 4.49. The van der Waals surface area contributed by atoms with Crippen LogP contribution < -0.4 is 9.47 Å². The maximum Gasteiger partial charge on any atom is 0.143 e. The molecule has 0 aliphatic carbocycles. The largest absolute Gasteiger partial charge is 0.508 e. The molecule has 5 rings (SSSR count). The van der Waals surface area contributed by atoms with E-state index in [1.807, 2.05) is 36.4 Å². The average Bonchev–Trinajstić information content (AvgIpc) is 2.86. The number of nitrogens with zero attached hydrogens (tertiary/aromatic N) is 1. The molecule has 0 saturated carbocycles. The molecule has 0 unspecified atom stereocenters. The molecule has 1 heterocycles. The fourth-order valence-corrected chi connectivity index (χ4v) is 4.49. The number of hydrogen-bond donors (Lipinski definition) is 1. The van der Waals surface area contributed by atoms with E-state index in [2.05, 4.69) is 4.90 Å². The summed E-state index contributed by atoms with van der Waals surface area (Å²) in [5.41, 5.74) is 1.11. The monoisotopic (exact) mass is 493 g/mol. The van der Waals surface area contributed by atoms with Gasteiger partial charge in [-0.2, -0.15) is 0 Å². The highest BCUT2D eigenvalue weighted by Gasteiger charge is 2.16. The van der Waals surface area contributed by atoms with Gasteiger partial charge in [0, 0.05) is 23.1 Å². The second-order valence-electron chi connectivity index (χ2n) is 8.65. The Labute approximate surface area is 211 Å². The summed E-state index contributed by atoms with van der Waals surface area (Å²) in [6, 6.07) is 22.9. The molecular weight excluding hydrogens is 465 g/mol. The number of hydrogen-bond acceptors (Lipinski definition) is 4. The molecule has 4 nitrogen and oxygen atoms in total. The van der Waals surface area contributed by atoms with Gasteiger partial charge < -0.3 is 14.6 Å². The van der Waals surface area contributed by atoms with Gasteiger partial charge in [0.1, 0.15) is 35.4 Å². The molecule has 1 aliphatic heterocycles. The first kappa shape index (κ1) is 24.8. The lowest BCUT2D eigenvalue weighted by atomic mass is 9.99. The average molecular weight is 494 g/mol. The van der Waals surface area contributed by atoms with Crippen LogP contribution in [0.25, 0.3) is 21.9 Å². The molecule has 0 aromatic heterocycles. The maximum absolute atomic E-state index is 14.6. The summed E-state index contributed by atoms with van der Waals surface area (Å²) in [5.74, 6) is 1.82. The van der Waals surface area contributed by atoms with Crippen molar-refractivity contribution in [3.05, 3.63) is 84.7 Å². The molecule has 4 aromatic rings. The molecule has 4 aromatic carbocycles. The van der Waals surface area contributed by atoms with Crippen LogP contribution in [0.5, 0.6) is 23.0 Å². The van der Waals surface area contributed by atoms with Crippen molar-refractivity contribution in [2.45, 2.75) is 19.3 Å². The number of phenolic OH excluding ortho intramolecular Hbond substituents is 1. The summed E-state index contributed by atoms with van der Waals surface area (Å²) in [4.78, 5) is 2.45. The Kier molecular flexibility index (Phi) is 8.11. The summed E-state index contributed by atoms with van der Waals surface area (Å²) < 4.78 is 26.9. The summed E-state index contributed by atoms with van der Waals surface area (Å²) in [6.45, 7) is 3.91. The number of halogens is 2. The van der Waals surface area contributed by atoms with E-state index in [4.69, 9.17) is 9.47 Å². The first-order valence-corrected chi connectivity index (χ1v) is 11.8. The van der Waals surface area contributed by atoms with Gasteiger partial charge in [-0.25, -0.2) is 4.39 Å². The number of phenols is 1. The predicted molar refractivity (Wildman–Crippen MR) is 141 cm³/mol. The van der Waals surface area contributed by atoms with Crippen LogP contribution in [0.4, 0.5) is 4.39 Å². The second-order valence-corrected chi connectivity index (χ2v) is 8.65. The van der Waals surface area contributed by atoms with Crippen LogP contribution in [-0.4, -0.2) is 36.2 Å². The van der Waals surface area contributed by atoms with Crippen LogP contribution in [0.3, 0.4) is 0 Å². The number of fused-ring (bicyclic) bond motifs is 1. The third-order valence-corrected chi connectivity index (χ3v) is 6.29. The lowest BCUT2D eigenvalue weighted by Gasteiger charge is -2.26. The van der Waals surface area contributed by atoms with Gasteiger partial charge in [0.05, 0.1) is 0 Å². The van der Waals surface area contributed by atoms with Gasteiger partial charge in [0.2, 0.25) is 0 Å². The summed E-state index contributed by atoms with van der Waals surface area (Å²) in [5, 5.41) is 11.5. The van der Waals surface area contributed by atoms with E-state index in [1.54, 1.807) is 36.4 Å². The van der Waals surface area contributed by atoms with E-state index in [0.29, 0.717) is 29.2 Å².